The lowest BCUT2D eigenvalue weighted by atomic mass is 9.68. The molecule has 2 aromatic rings. The van der Waals surface area contributed by atoms with Crippen LogP contribution in [0.2, 0.25) is 0 Å². The number of rotatable bonds is 10. The van der Waals surface area contributed by atoms with E-state index in [2.05, 4.69) is 64.2 Å². The molecule has 3 aliphatic rings. The number of aryl methyl sites for hydroxylation is 1. The first-order chi connectivity index (χ1) is 18.3. The van der Waals surface area contributed by atoms with Gasteiger partial charge in [-0.1, -0.05) is 36.8 Å². The van der Waals surface area contributed by atoms with Crippen molar-refractivity contribution in [1.29, 1.82) is 0 Å². The van der Waals surface area contributed by atoms with Gasteiger partial charge in [0.05, 0.1) is 19.2 Å². The quantitative estimate of drug-likeness (QED) is 0.466. The van der Waals surface area contributed by atoms with Crippen molar-refractivity contribution in [3.05, 3.63) is 53.9 Å². The summed E-state index contributed by atoms with van der Waals surface area (Å²) in [6.45, 7) is 1.65. The van der Waals surface area contributed by atoms with Gasteiger partial charge in [-0.2, -0.15) is 0 Å². The molecule has 2 amide bonds. The number of hydrogen-bond acceptors (Lipinski definition) is 6. The largest absolute Gasteiger partial charge is 0.467 e. The third-order valence-electron chi connectivity index (χ3n) is 9.32. The average Bonchev–Trinajstić information content (AvgIpc) is 3.15. The van der Waals surface area contributed by atoms with E-state index in [-0.39, 0.29) is 29.4 Å². The monoisotopic (exact) mass is 519 g/mol. The van der Waals surface area contributed by atoms with Gasteiger partial charge >= 0.3 is 12.0 Å². The zero-order chi connectivity index (χ0) is 26.8. The Hall–Kier alpha value is -3.00. The molecule has 38 heavy (non-hydrogen) atoms. The van der Waals surface area contributed by atoms with Crippen LogP contribution in [-0.4, -0.2) is 82.9 Å². The van der Waals surface area contributed by atoms with Crippen LogP contribution in [0.3, 0.4) is 0 Å². The Morgan fingerprint density at radius 2 is 1.76 bits per heavy atom. The average molecular weight is 520 g/mol. The summed E-state index contributed by atoms with van der Waals surface area (Å²) in [6.07, 6.45) is 11.9. The van der Waals surface area contributed by atoms with Crippen LogP contribution < -0.4 is 4.74 Å². The minimum Gasteiger partial charge on any atom is -0.467 e. The van der Waals surface area contributed by atoms with Gasteiger partial charge < -0.3 is 14.5 Å². The molecule has 204 valence electrons. The van der Waals surface area contributed by atoms with E-state index in [9.17, 15) is 9.59 Å². The van der Waals surface area contributed by atoms with Gasteiger partial charge in [0.15, 0.2) is 5.78 Å². The highest BCUT2D eigenvalue weighted by Gasteiger charge is 2.55. The fourth-order valence-electron chi connectivity index (χ4n) is 6.66. The number of urea groups is 1. The summed E-state index contributed by atoms with van der Waals surface area (Å²) in [5.74, 6) is 0.675. The normalized spacial score (nSPS) is 25.7. The Labute approximate surface area is 226 Å². The molecule has 1 aromatic heterocycles. The van der Waals surface area contributed by atoms with Crippen LogP contribution in [0, 0.1) is 5.92 Å². The standard InChI is InChI=1S/C30H41N5O3/c1-33(2)30(25-10-5-4-6-11-25)16-14-29(15-17-30)22-34(28(37)35(29)20-23-8-7-9-23)21-26(36)13-12-24-18-31-27(38-3)32-19-24/h4-6,10-11,18-19,23H,7-9,12-17,20-22H2,1-3H3. The molecule has 8 nitrogen and oxygen atoms in total. The summed E-state index contributed by atoms with van der Waals surface area (Å²) in [6, 6.07) is 11.2. The van der Waals surface area contributed by atoms with Gasteiger partial charge in [-0.3, -0.25) is 9.69 Å². The topological polar surface area (TPSA) is 78.9 Å². The summed E-state index contributed by atoms with van der Waals surface area (Å²) in [5, 5.41) is 0. The lowest BCUT2D eigenvalue weighted by Gasteiger charge is -2.51. The first kappa shape index (κ1) is 26.6. The number of aromatic nitrogens is 2. The van der Waals surface area contributed by atoms with E-state index in [4.69, 9.17) is 4.74 Å². The highest BCUT2D eigenvalue weighted by Crippen LogP contribution is 2.49. The zero-order valence-corrected chi connectivity index (χ0v) is 23.1. The number of nitrogens with zero attached hydrogens (tertiary/aromatic N) is 5. The summed E-state index contributed by atoms with van der Waals surface area (Å²) >= 11 is 0. The molecule has 0 N–H and O–H groups in total. The number of Topliss-reactive ketones (excluding diaryl/α,β-unsaturated/α-hetero) is 1. The summed E-state index contributed by atoms with van der Waals surface area (Å²) in [4.78, 5) is 41.4. The van der Waals surface area contributed by atoms with Gasteiger partial charge in [-0.05, 0) is 76.1 Å². The van der Waals surface area contributed by atoms with Crippen LogP contribution >= 0.6 is 0 Å². The van der Waals surface area contributed by atoms with E-state index >= 15 is 0 Å². The molecule has 2 saturated carbocycles. The molecular formula is C30H41N5O3. The SMILES string of the molecule is COc1ncc(CCC(=O)CN2CC3(CCC(c4ccccc4)(N(C)C)CC3)N(CC3CCC3)C2=O)cn1. The van der Waals surface area contributed by atoms with E-state index in [0.717, 1.165) is 37.8 Å². The van der Waals surface area contributed by atoms with Gasteiger partial charge in [0.2, 0.25) is 0 Å². The Morgan fingerprint density at radius 1 is 1.08 bits per heavy atom. The minimum absolute atomic E-state index is 0.0264. The fraction of sp³-hybridized carbons (Fsp3) is 0.600. The summed E-state index contributed by atoms with van der Waals surface area (Å²) < 4.78 is 5.01. The second kappa shape index (κ2) is 11.0. The number of methoxy groups -OCH3 is 1. The van der Waals surface area contributed by atoms with Crippen molar-refractivity contribution in [3.63, 3.8) is 0 Å². The molecule has 0 radical (unpaired) electrons. The van der Waals surface area contributed by atoms with Crippen LogP contribution in [0.5, 0.6) is 6.01 Å². The Bertz CT molecular complexity index is 1110. The highest BCUT2D eigenvalue weighted by molar-refractivity contribution is 5.87. The second-order valence-electron chi connectivity index (χ2n) is 11.7. The lowest BCUT2D eigenvalue weighted by Crippen LogP contribution is -2.56. The van der Waals surface area contributed by atoms with Crippen LogP contribution in [-0.2, 0) is 16.8 Å². The molecule has 1 aliphatic heterocycles. The first-order valence-electron chi connectivity index (χ1n) is 14.0. The molecule has 0 atom stereocenters. The fourth-order valence-corrected chi connectivity index (χ4v) is 6.66. The molecule has 0 unspecified atom stereocenters. The summed E-state index contributed by atoms with van der Waals surface area (Å²) in [7, 11) is 5.88. The molecule has 0 bridgehead atoms. The number of ketones is 1. The third kappa shape index (κ3) is 5.15. The zero-order valence-electron chi connectivity index (χ0n) is 23.1. The number of amides is 2. The number of benzene rings is 1. The molecule has 2 aliphatic carbocycles. The van der Waals surface area contributed by atoms with Gasteiger partial charge in [-0.25, -0.2) is 14.8 Å². The molecular weight excluding hydrogens is 478 g/mol. The van der Waals surface area contributed by atoms with Crippen molar-refractivity contribution in [2.75, 3.05) is 40.8 Å². The predicted octanol–water partition coefficient (Wildman–Crippen LogP) is 4.29. The number of carbonyl (C=O) groups is 2. The number of carbonyl (C=O) groups excluding carboxylic acids is 2. The van der Waals surface area contributed by atoms with Gasteiger partial charge in [0, 0.05) is 37.4 Å². The lowest BCUT2D eigenvalue weighted by molar-refractivity contribution is -0.119. The van der Waals surface area contributed by atoms with Crippen LogP contribution in [0.25, 0.3) is 0 Å². The van der Waals surface area contributed by atoms with Crippen LogP contribution in [0.4, 0.5) is 4.79 Å². The molecule has 1 aromatic carbocycles. The first-order valence-corrected chi connectivity index (χ1v) is 14.0. The second-order valence-corrected chi connectivity index (χ2v) is 11.7. The summed E-state index contributed by atoms with van der Waals surface area (Å²) in [5.41, 5.74) is 2.03. The van der Waals surface area contributed by atoms with Crippen molar-refractivity contribution < 1.29 is 14.3 Å². The van der Waals surface area contributed by atoms with Crippen LogP contribution in [0.1, 0.15) is 62.5 Å². The van der Waals surface area contributed by atoms with Crippen molar-refractivity contribution in [2.45, 2.75) is 68.9 Å². The smallest absolute Gasteiger partial charge is 0.321 e. The predicted molar refractivity (Wildman–Crippen MR) is 146 cm³/mol. The maximum absolute atomic E-state index is 13.8. The Morgan fingerprint density at radius 3 is 2.34 bits per heavy atom. The maximum atomic E-state index is 13.8. The van der Waals surface area contributed by atoms with Crippen molar-refractivity contribution in [2.24, 2.45) is 5.92 Å². The third-order valence-corrected chi connectivity index (χ3v) is 9.32. The van der Waals surface area contributed by atoms with E-state index < -0.39 is 0 Å². The van der Waals surface area contributed by atoms with Crippen molar-refractivity contribution in [1.82, 2.24) is 24.7 Å². The van der Waals surface area contributed by atoms with E-state index in [1.807, 2.05) is 4.90 Å². The molecule has 5 rings (SSSR count). The number of hydrogen-bond donors (Lipinski definition) is 0. The Balaban J connectivity index is 1.28. The number of ether oxygens (including phenoxy) is 1. The Kier molecular flexibility index (Phi) is 7.70. The van der Waals surface area contributed by atoms with Gasteiger partial charge in [-0.15, -0.1) is 0 Å². The molecule has 1 spiro atoms. The molecule has 1 saturated heterocycles. The van der Waals surface area contributed by atoms with E-state index in [0.29, 0.717) is 31.3 Å². The van der Waals surface area contributed by atoms with Crippen molar-refractivity contribution >= 4 is 11.8 Å². The van der Waals surface area contributed by atoms with Crippen LogP contribution in [0.15, 0.2) is 42.7 Å². The van der Waals surface area contributed by atoms with Crippen molar-refractivity contribution in [3.8, 4) is 6.01 Å². The van der Waals surface area contributed by atoms with Gasteiger partial charge in [0.25, 0.3) is 0 Å². The van der Waals surface area contributed by atoms with Gasteiger partial charge in [0.1, 0.15) is 0 Å². The molecule has 8 heteroatoms. The molecule has 3 fully saturated rings. The minimum atomic E-state index is -0.189. The van der Waals surface area contributed by atoms with E-state index in [1.54, 1.807) is 12.4 Å². The molecule has 2 heterocycles. The highest BCUT2D eigenvalue weighted by atomic mass is 16.5. The maximum Gasteiger partial charge on any atom is 0.321 e. The van der Waals surface area contributed by atoms with E-state index in [1.165, 1.54) is 31.9 Å².